The van der Waals surface area contributed by atoms with Gasteiger partial charge in [0, 0.05) is 24.2 Å². The largest absolute Gasteiger partial charge is 0.480 e. The van der Waals surface area contributed by atoms with Gasteiger partial charge in [-0.3, -0.25) is 0 Å². The summed E-state index contributed by atoms with van der Waals surface area (Å²) in [6.07, 6.45) is 1.47. The molecule has 6 heteroatoms. The Kier molecular flexibility index (Phi) is 3.49. The van der Waals surface area contributed by atoms with E-state index >= 15 is 0 Å². The van der Waals surface area contributed by atoms with Gasteiger partial charge in [-0.2, -0.15) is 17.0 Å². The lowest BCUT2D eigenvalue weighted by Gasteiger charge is -2.33. The van der Waals surface area contributed by atoms with E-state index < -0.39 is 12.0 Å². The molecule has 5 nitrogen and oxygen atoms in total. The summed E-state index contributed by atoms with van der Waals surface area (Å²) in [5.41, 5.74) is 0.479. The van der Waals surface area contributed by atoms with Gasteiger partial charge in [0.1, 0.15) is 17.9 Å². The minimum absolute atomic E-state index is 0.479. The molecule has 0 saturated carbocycles. The number of carboxylic acid groups (broad SMARTS) is 1. The molecule has 88 valence electrons. The zero-order valence-corrected chi connectivity index (χ0v) is 9.85. The number of aliphatic carboxylic acids is 1. The molecule has 1 aliphatic rings. The summed E-state index contributed by atoms with van der Waals surface area (Å²) < 4.78 is 0. The highest BCUT2D eigenvalue weighted by atomic mass is 32.2. The molecule has 1 aliphatic heterocycles. The number of carbonyl (C=O) groups is 1. The second-order valence-electron chi connectivity index (χ2n) is 3.64. The normalized spacial score (nSPS) is 19.7. The van der Waals surface area contributed by atoms with Gasteiger partial charge < -0.3 is 10.0 Å². The molecule has 2 rings (SSSR count). The Morgan fingerprint density at radius 3 is 3.06 bits per heavy atom. The van der Waals surface area contributed by atoms with Crippen LogP contribution in [0, 0.1) is 11.3 Å². The van der Waals surface area contributed by atoms with Crippen molar-refractivity contribution in [3.8, 4) is 6.07 Å². The summed E-state index contributed by atoms with van der Waals surface area (Å²) in [5, 5.41) is 17.8. The SMILES string of the molecule is N#Cc1ccc(N2CCSCC2C(=O)O)nc1. The van der Waals surface area contributed by atoms with Crippen molar-refractivity contribution < 1.29 is 9.90 Å². The number of aromatic nitrogens is 1. The van der Waals surface area contributed by atoms with E-state index in [1.807, 2.05) is 6.07 Å². The summed E-state index contributed by atoms with van der Waals surface area (Å²) in [6, 6.07) is 4.81. The van der Waals surface area contributed by atoms with Crippen molar-refractivity contribution in [3.63, 3.8) is 0 Å². The summed E-state index contributed by atoms with van der Waals surface area (Å²) in [6.45, 7) is 0.667. The number of carboxylic acids is 1. The lowest BCUT2D eigenvalue weighted by atomic mass is 10.2. The molecule has 1 fully saturated rings. The minimum atomic E-state index is -0.830. The van der Waals surface area contributed by atoms with Gasteiger partial charge in [-0.1, -0.05) is 0 Å². The Balaban J connectivity index is 2.24. The molecule has 0 aromatic carbocycles. The van der Waals surface area contributed by atoms with Crippen LogP contribution in [0.2, 0.25) is 0 Å². The standard InChI is InChI=1S/C11H11N3O2S/c12-5-8-1-2-10(13-6-8)14-3-4-17-7-9(14)11(15)16/h1-2,6,9H,3-4,7H2,(H,15,16). The summed E-state index contributed by atoms with van der Waals surface area (Å²) in [4.78, 5) is 17.0. The van der Waals surface area contributed by atoms with Gasteiger partial charge >= 0.3 is 5.97 Å². The van der Waals surface area contributed by atoms with Crippen LogP contribution in [0.25, 0.3) is 0 Å². The van der Waals surface area contributed by atoms with Gasteiger partial charge in [-0.05, 0) is 12.1 Å². The van der Waals surface area contributed by atoms with E-state index in [1.54, 1.807) is 28.8 Å². The minimum Gasteiger partial charge on any atom is -0.480 e. The topological polar surface area (TPSA) is 77.2 Å². The van der Waals surface area contributed by atoms with Crippen LogP contribution in [0.4, 0.5) is 5.82 Å². The van der Waals surface area contributed by atoms with E-state index in [4.69, 9.17) is 10.4 Å². The maximum absolute atomic E-state index is 11.1. The van der Waals surface area contributed by atoms with Crippen molar-refractivity contribution in [1.82, 2.24) is 4.98 Å². The van der Waals surface area contributed by atoms with Crippen molar-refractivity contribution in [2.24, 2.45) is 0 Å². The Morgan fingerprint density at radius 2 is 2.47 bits per heavy atom. The zero-order chi connectivity index (χ0) is 12.3. The molecule has 1 atom stereocenters. The molecule has 0 spiro atoms. The third-order valence-corrected chi connectivity index (χ3v) is 3.61. The van der Waals surface area contributed by atoms with E-state index in [0.717, 1.165) is 5.75 Å². The number of rotatable bonds is 2. The molecule has 2 heterocycles. The lowest BCUT2D eigenvalue weighted by molar-refractivity contribution is -0.138. The smallest absolute Gasteiger partial charge is 0.327 e. The van der Waals surface area contributed by atoms with Crippen molar-refractivity contribution in [3.05, 3.63) is 23.9 Å². The first-order chi connectivity index (χ1) is 8.22. The molecule has 0 radical (unpaired) electrons. The lowest BCUT2D eigenvalue weighted by Crippen LogP contribution is -2.47. The number of hydrogen-bond donors (Lipinski definition) is 1. The number of nitrogens with zero attached hydrogens (tertiary/aromatic N) is 3. The average molecular weight is 249 g/mol. The van der Waals surface area contributed by atoms with E-state index in [-0.39, 0.29) is 0 Å². The Labute approximate surface area is 103 Å². The van der Waals surface area contributed by atoms with Gasteiger partial charge in [-0.25, -0.2) is 9.78 Å². The number of anilines is 1. The van der Waals surface area contributed by atoms with Gasteiger partial charge in [0.2, 0.25) is 0 Å². The fourth-order valence-electron chi connectivity index (χ4n) is 1.70. The summed E-state index contributed by atoms with van der Waals surface area (Å²) in [5.74, 6) is 1.25. The van der Waals surface area contributed by atoms with Crippen molar-refractivity contribution >= 4 is 23.5 Å². The number of pyridine rings is 1. The Hall–Kier alpha value is -1.74. The number of nitriles is 1. The first-order valence-electron chi connectivity index (χ1n) is 5.15. The first kappa shape index (κ1) is 11.7. The predicted molar refractivity (Wildman–Crippen MR) is 65.0 cm³/mol. The number of thioether (sulfide) groups is 1. The predicted octanol–water partition coefficient (Wildman–Crippen LogP) is 0.960. The molecule has 0 bridgehead atoms. The Bertz CT molecular complexity index is 455. The van der Waals surface area contributed by atoms with Crippen LogP contribution >= 0.6 is 11.8 Å². The summed E-state index contributed by atoms with van der Waals surface area (Å²) in [7, 11) is 0. The van der Waals surface area contributed by atoms with Crippen LogP contribution in [0.5, 0.6) is 0 Å². The summed E-state index contributed by atoms with van der Waals surface area (Å²) >= 11 is 1.63. The third-order valence-electron chi connectivity index (χ3n) is 2.58. The van der Waals surface area contributed by atoms with Crippen LogP contribution in [-0.2, 0) is 4.79 Å². The van der Waals surface area contributed by atoms with Crippen LogP contribution < -0.4 is 4.90 Å². The molecule has 1 unspecified atom stereocenters. The van der Waals surface area contributed by atoms with Crippen LogP contribution in [0.1, 0.15) is 5.56 Å². The highest BCUT2D eigenvalue weighted by Gasteiger charge is 2.29. The molecule has 0 aliphatic carbocycles. The van der Waals surface area contributed by atoms with Crippen molar-refractivity contribution in [2.45, 2.75) is 6.04 Å². The van der Waals surface area contributed by atoms with Crippen LogP contribution in [0.15, 0.2) is 18.3 Å². The second kappa shape index (κ2) is 5.06. The molecule has 0 amide bonds. The Morgan fingerprint density at radius 1 is 1.65 bits per heavy atom. The van der Waals surface area contributed by atoms with Gasteiger partial charge in [0.25, 0.3) is 0 Å². The molecule has 1 aromatic heterocycles. The van der Waals surface area contributed by atoms with E-state index in [2.05, 4.69) is 4.98 Å². The first-order valence-corrected chi connectivity index (χ1v) is 6.31. The maximum atomic E-state index is 11.1. The molecule has 1 aromatic rings. The average Bonchev–Trinajstić information content (AvgIpc) is 2.39. The van der Waals surface area contributed by atoms with E-state index in [1.165, 1.54) is 6.20 Å². The third kappa shape index (κ3) is 2.50. The van der Waals surface area contributed by atoms with Crippen LogP contribution in [-0.4, -0.2) is 40.2 Å². The molecule has 1 saturated heterocycles. The van der Waals surface area contributed by atoms with Gasteiger partial charge in [0.15, 0.2) is 0 Å². The van der Waals surface area contributed by atoms with E-state index in [0.29, 0.717) is 23.7 Å². The van der Waals surface area contributed by atoms with E-state index in [9.17, 15) is 4.79 Å². The fraction of sp³-hybridized carbons (Fsp3) is 0.364. The zero-order valence-electron chi connectivity index (χ0n) is 9.04. The molecular weight excluding hydrogens is 238 g/mol. The molecule has 1 N–H and O–H groups in total. The fourth-order valence-corrected chi connectivity index (χ4v) is 2.74. The van der Waals surface area contributed by atoms with Crippen LogP contribution in [0.3, 0.4) is 0 Å². The quantitative estimate of drug-likeness (QED) is 0.841. The second-order valence-corrected chi connectivity index (χ2v) is 4.79. The highest BCUT2D eigenvalue weighted by Crippen LogP contribution is 2.22. The monoisotopic (exact) mass is 249 g/mol. The highest BCUT2D eigenvalue weighted by molar-refractivity contribution is 7.99. The van der Waals surface area contributed by atoms with Gasteiger partial charge in [-0.15, -0.1) is 0 Å². The molecular formula is C11H11N3O2S. The molecule has 17 heavy (non-hydrogen) atoms. The number of hydrogen-bond acceptors (Lipinski definition) is 5. The maximum Gasteiger partial charge on any atom is 0.327 e. The van der Waals surface area contributed by atoms with Gasteiger partial charge in [0.05, 0.1) is 5.56 Å². The van der Waals surface area contributed by atoms with Crippen molar-refractivity contribution in [1.29, 1.82) is 5.26 Å². The van der Waals surface area contributed by atoms with Crippen molar-refractivity contribution in [2.75, 3.05) is 23.0 Å².